The third-order valence-corrected chi connectivity index (χ3v) is 7.71. The molecule has 2 heterocycles. The molecule has 1 saturated carbocycles. The van der Waals surface area contributed by atoms with E-state index in [0.717, 1.165) is 37.9 Å². The lowest BCUT2D eigenvalue weighted by Crippen LogP contribution is -2.54. The van der Waals surface area contributed by atoms with Gasteiger partial charge in [0.2, 0.25) is 5.91 Å². The van der Waals surface area contributed by atoms with E-state index in [0.29, 0.717) is 36.5 Å². The van der Waals surface area contributed by atoms with Crippen molar-refractivity contribution in [3.05, 3.63) is 23.3 Å². The maximum Gasteiger partial charge on any atom is 0.270 e. The highest BCUT2D eigenvalue weighted by Crippen LogP contribution is 2.54. The second-order valence-corrected chi connectivity index (χ2v) is 11.1. The van der Waals surface area contributed by atoms with Crippen LogP contribution in [0.2, 0.25) is 0 Å². The van der Waals surface area contributed by atoms with Gasteiger partial charge in [-0.15, -0.1) is 0 Å². The number of carbonyl (C=O) groups excluding carboxylic acids is 3. The van der Waals surface area contributed by atoms with E-state index in [2.05, 4.69) is 24.5 Å². The summed E-state index contributed by atoms with van der Waals surface area (Å²) >= 11 is 0. The highest BCUT2D eigenvalue weighted by molar-refractivity contribution is 6.05. The maximum absolute atomic E-state index is 14.0. The largest absolute Gasteiger partial charge is 0.476 e. The second kappa shape index (κ2) is 9.45. The van der Waals surface area contributed by atoms with E-state index < -0.39 is 5.60 Å². The van der Waals surface area contributed by atoms with Gasteiger partial charge >= 0.3 is 0 Å². The Morgan fingerprint density at radius 1 is 1.31 bits per heavy atom. The molecule has 2 atom stereocenters. The Kier molecular flexibility index (Phi) is 6.88. The van der Waals surface area contributed by atoms with Crippen molar-refractivity contribution in [2.45, 2.75) is 84.9 Å². The fourth-order valence-electron chi connectivity index (χ4n) is 5.64. The van der Waals surface area contributed by atoms with Gasteiger partial charge in [0.1, 0.15) is 5.75 Å². The third-order valence-electron chi connectivity index (χ3n) is 7.71. The van der Waals surface area contributed by atoms with Crippen molar-refractivity contribution in [3.8, 4) is 5.75 Å². The summed E-state index contributed by atoms with van der Waals surface area (Å²) in [5.41, 5.74) is 1.18. The number of piperidine rings is 1. The standard InChI is InChI=1S/C27H40N4O4/c1-7-23(32)29-11-12-30-20-14-19(18(4)13-21(20)35-26(5,6)25(30)34)24(33)31(17(2)3)22-15-27(22)9-8-10-28-16-27/h13-14,17,22,28H,7-12,15-16H2,1-6H3,(H,29,32)/t22-,27+/m0/s1. The van der Waals surface area contributed by atoms with Gasteiger partial charge in [-0.3, -0.25) is 14.4 Å². The Morgan fingerprint density at radius 2 is 2.06 bits per heavy atom. The molecule has 1 saturated heterocycles. The van der Waals surface area contributed by atoms with Gasteiger partial charge in [-0.25, -0.2) is 0 Å². The van der Waals surface area contributed by atoms with Crippen molar-refractivity contribution in [2.75, 3.05) is 31.1 Å². The zero-order chi connectivity index (χ0) is 25.5. The minimum atomic E-state index is -1.03. The molecular formula is C27H40N4O4. The topological polar surface area (TPSA) is 91.0 Å². The first-order chi connectivity index (χ1) is 16.5. The summed E-state index contributed by atoms with van der Waals surface area (Å²) in [7, 11) is 0. The van der Waals surface area contributed by atoms with Crippen molar-refractivity contribution < 1.29 is 19.1 Å². The molecule has 1 aromatic rings. The summed E-state index contributed by atoms with van der Waals surface area (Å²) in [6.45, 7) is 14.0. The van der Waals surface area contributed by atoms with Gasteiger partial charge in [-0.05, 0) is 78.1 Å². The van der Waals surface area contributed by atoms with Crippen LogP contribution in [0.4, 0.5) is 5.69 Å². The molecule has 4 rings (SSSR count). The Labute approximate surface area is 208 Å². The van der Waals surface area contributed by atoms with Crippen LogP contribution in [0.3, 0.4) is 0 Å². The predicted octanol–water partition coefficient (Wildman–Crippen LogP) is 3.02. The van der Waals surface area contributed by atoms with E-state index in [1.54, 1.807) is 25.7 Å². The van der Waals surface area contributed by atoms with Crippen LogP contribution < -0.4 is 20.3 Å². The third kappa shape index (κ3) is 4.77. The Bertz CT molecular complexity index is 1010. The Balaban J connectivity index is 1.65. The number of hydrogen-bond donors (Lipinski definition) is 2. The number of aryl methyl sites for hydroxylation is 1. The number of rotatable bonds is 7. The molecule has 1 spiro atoms. The molecular weight excluding hydrogens is 444 g/mol. The molecule has 0 aromatic heterocycles. The molecule has 3 amide bonds. The number of nitrogens with one attached hydrogen (secondary N) is 2. The van der Waals surface area contributed by atoms with Gasteiger partial charge in [-0.1, -0.05) is 6.92 Å². The summed E-state index contributed by atoms with van der Waals surface area (Å²) in [6, 6.07) is 3.99. The first kappa shape index (κ1) is 25.5. The van der Waals surface area contributed by atoms with Crippen LogP contribution in [0.5, 0.6) is 5.75 Å². The summed E-state index contributed by atoms with van der Waals surface area (Å²) < 4.78 is 6.07. The average molecular weight is 485 g/mol. The molecule has 1 aromatic carbocycles. The lowest BCUT2D eigenvalue weighted by atomic mass is 9.94. The van der Waals surface area contributed by atoms with Gasteiger partial charge in [0.15, 0.2) is 5.60 Å². The smallest absolute Gasteiger partial charge is 0.270 e. The highest BCUT2D eigenvalue weighted by atomic mass is 16.5. The van der Waals surface area contributed by atoms with E-state index >= 15 is 0 Å². The van der Waals surface area contributed by atoms with Gasteiger partial charge in [0.25, 0.3) is 11.8 Å². The molecule has 0 unspecified atom stereocenters. The normalized spacial score (nSPS) is 24.7. The minimum Gasteiger partial charge on any atom is -0.476 e. The van der Waals surface area contributed by atoms with Crippen LogP contribution in [-0.4, -0.2) is 66.5 Å². The number of benzene rings is 1. The van der Waals surface area contributed by atoms with Gasteiger partial charge < -0.3 is 25.2 Å². The van der Waals surface area contributed by atoms with Crippen molar-refractivity contribution in [1.29, 1.82) is 0 Å². The summed E-state index contributed by atoms with van der Waals surface area (Å²) in [5.74, 6) is 0.339. The van der Waals surface area contributed by atoms with Crippen molar-refractivity contribution in [3.63, 3.8) is 0 Å². The lowest BCUT2D eigenvalue weighted by molar-refractivity contribution is -0.132. The summed E-state index contributed by atoms with van der Waals surface area (Å²) in [5, 5.41) is 6.36. The molecule has 8 heteroatoms. The van der Waals surface area contributed by atoms with Crippen molar-refractivity contribution in [2.24, 2.45) is 5.41 Å². The molecule has 1 aliphatic carbocycles. The molecule has 2 aliphatic heterocycles. The molecule has 2 fully saturated rings. The van der Waals surface area contributed by atoms with E-state index in [1.807, 2.05) is 24.0 Å². The minimum absolute atomic E-state index is 0.00395. The molecule has 192 valence electrons. The van der Waals surface area contributed by atoms with Crippen LogP contribution in [0.25, 0.3) is 0 Å². The van der Waals surface area contributed by atoms with Crippen LogP contribution in [0.15, 0.2) is 12.1 Å². The van der Waals surface area contributed by atoms with E-state index in [4.69, 9.17) is 4.74 Å². The fourth-order valence-corrected chi connectivity index (χ4v) is 5.64. The Morgan fingerprint density at radius 3 is 2.69 bits per heavy atom. The SMILES string of the molecule is CCC(=O)NCCN1C(=O)C(C)(C)Oc2cc(C)c(C(=O)N(C(C)C)[C@H]3C[C@@]34CCCNC4)cc21. The maximum atomic E-state index is 14.0. The zero-order valence-electron chi connectivity index (χ0n) is 22.0. The molecule has 0 bridgehead atoms. The number of hydrogen-bond acceptors (Lipinski definition) is 5. The summed E-state index contributed by atoms with van der Waals surface area (Å²) in [4.78, 5) is 42.7. The number of nitrogens with zero attached hydrogens (tertiary/aromatic N) is 2. The molecule has 0 radical (unpaired) electrons. The van der Waals surface area contributed by atoms with E-state index in [1.165, 1.54) is 0 Å². The average Bonchev–Trinajstić information content (AvgIpc) is 3.47. The molecule has 2 N–H and O–H groups in total. The highest BCUT2D eigenvalue weighted by Gasteiger charge is 2.58. The van der Waals surface area contributed by atoms with Gasteiger partial charge in [0.05, 0.1) is 5.69 Å². The van der Waals surface area contributed by atoms with Gasteiger partial charge in [-0.2, -0.15) is 0 Å². The van der Waals surface area contributed by atoms with Crippen LogP contribution >= 0.6 is 0 Å². The predicted molar refractivity (Wildman–Crippen MR) is 136 cm³/mol. The number of ether oxygens (including phenoxy) is 1. The van der Waals surface area contributed by atoms with Crippen LogP contribution in [0.1, 0.15) is 76.2 Å². The first-order valence-electron chi connectivity index (χ1n) is 13.0. The molecule has 3 aliphatic rings. The Hall–Kier alpha value is -2.61. The summed E-state index contributed by atoms with van der Waals surface area (Å²) in [6.07, 6.45) is 3.72. The fraction of sp³-hybridized carbons (Fsp3) is 0.667. The monoisotopic (exact) mass is 484 g/mol. The number of anilines is 1. The quantitative estimate of drug-likeness (QED) is 0.621. The molecule has 8 nitrogen and oxygen atoms in total. The first-order valence-corrected chi connectivity index (χ1v) is 13.0. The molecule has 35 heavy (non-hydrogen) atoms. The van der Waals surface area contributed by atoms with Gasteiger partial charge in [0, 0.05) is 49.1 Å². The zero-order valence-corrected chi connectivity index (χ0v) is 22.0. The van der Waals surface area contributed by atoms with Crippen molar-refractivity contribution in [1.82, 2.24) is 15.5 Å². The second-order valence-electron chi connectivity index (χ2n) is 11.1. The van der Waals surface area contributed by atoms with Crippen LogP contribution in [-0.2, 0) is 9.59 Å². The number of fused-ring (bicyclic) bond motifs is 1. The van der Waals surface area contributed by atoms with E-state index in [9.17, 15) is 14.4 Å². The lowest BCUT2D eigenvalue weighted by Gasteiger charge is -2.39. The number of amides is 3. The van der Waals surface area contributed by atoms with E-state index in [-0.39, 0.29) is 35.2 Å². The van der Waals surface area contributed by atoms with Crippen LogP contribution in [0, 0.1) is 12.3 Å². The van der Waals surface area contributed by atoms with Crippen molar-refractivity contribution >= 4 is 23.4 Å². The number of carbonyl (C=O) groups is 3.